The van der Waals surface area contributed by atoms with Crippen LogP contribution >= 0.6 is 11.8 Å². The van der Waals surface area contributed by atoms with Crippen LogP contribution in [0.4, 0.5) is 0 Å². The largest absolute Gasteiger partial charge is 0.495 e. The van der Waals surface area contributed by atoms with Crippen molar-refractivity contribution in [3.63, 3.8) is 0 Å². The Morgan fingerprint density at radius 2 is 1.32 bits per heavy atom. The highest BCUT2D eigenvalue weighted by Gasteiger charge is 2.52. The molecule has 4 aromatic carbocycles. The first-order chi connectivity index (χ1) is 14.8. The fourth-order valence-electron chi connectivity index (χ4n) is 4.43. The summed E-state index contributed by atoms with van der Waals surface area (Å²) in [5, 5.41) is 5.04. The van der Waals surface area contributed by atoms with E-state index in [-0.39, 0.29) is 11.2 Å². The van der Waals surface area contributed by atoms with Crippen molar-refractivity contribution in [3.05, 3.63) is 72.8 Å². The minimum atomic E-state index is -0.405. The zero-order chi connectivity index (χ0) is 21.8. The number of hydrogen-bond acceptors (Lipinski definition) is 3. The van der Waals surface area contributed by atoms with Gasteiger partial charge in [0.15, 0.2) is 0 Å². The molecule has 5 rings (SSSR count). The third kappa shape index (κ3) is 3.29. The van der Waals surface area contributed by atoms with Crippen LogP contribution in [0.2, 0.25) is 0 Å². The summed E-state index contributed by atoms with van der Waals surface area (Å²) in [6.07, 6.45) is 2.14. The van der Waals surface area contributed by atoms with E-state index in [1.165, 1.54) is 37.6 Å². The molecule has 4 heteroatoms. The van der Waals surface area contributed by atoms with Crippen molar-refractivity contribution in [3.8, 4) is 11.1 Å². The molecule has 1 fully saturated rings. The zero-order valence-corrected chi connectivity index (χ0v) is 19.5. The monoisotopic (exact) mass is 426 g/mol. The van der Waals surface area contributed by atoms with Gasteiger partial charge >= 0.3 is 7.12 Å². The number of hydrogen-bond donors (Lipinski definition) is 0. The first kappa shape index (κ1) is 20.6. The van der Waals surface area contributed by atoms with Crippen molar-refractivity contribution in [2.45, 2.75) is 43.8 Å². The molecule has 1 heterocycles. The van der Waals surface area contributed by atoms with Crippen molar-refractivity contribution in [2.75, 3.05) is 6.26 Å². The summed E-state index contributed by atoms with van der Waals surface area (Å²) in [4.78, 5) is 1.23. The van der Waals surface area contributed by atoms with Gasteiger partial charge in [-0.3, -0.25) is 0 Å². The Labute approximate surface area is 189 Å². The fraction of sp³-hybridized carbons (Fsp3) is 0.259. The number of fused-ring (bicyclic) bond motifs is 3. The minimum Gasteiger partial charge on any atom is -0.399 e. The van der Waals surface area contributed by atoms with Crippen LogP contribution in [0.3, 0.4) is 0 Å². The van der Waals surface area contributed by atoms with Crippen LogP contribution in [0.15, 0.2) is 77.7 Å². The SMILES string of the molecule is CSc1cccc(B2OC(C)(C)C(C)(C)O2)c1-c1cc2ccccc2c2ccccc12. The molecule has 0 N–H and O–H groups in total. The zero-order valence-electron chi connectivity index (χ0n) is 18.7. The first-order valence-electron chi connectivity index (χ1n) is 10.8. The maximum atomic E-state index is 6.48. The number of benzene rings is 4. The Kier molecular flexibility index (Phi) is 4.93. The Morgan fingerprint density at radius 1 is 0.710 bits per heavy atom. The summed E-state index contributed by atoms with van der Waals surface area (Å²) < 4.78 is 13.0. The molecule has 4 aromatic rings. The molecule has 0 saturated carbocycles. The Hall–Kier alpha value is -2.27. The van der Waals surface area contributed by atoms with Crippen LogP contribution in [0.5, 0.6) is 0 Å². The van der Waals surface area contributed by atoms with Gasteiger partial charge in [-0.2, -0.15) is 0 Å². The lowest BCUT2D eigenvalue weighted by atomic mass is 9.73. The molecular formula is C27H27BO2S. The van der Waals surface area contributed by atoms with Gasteiger partial charge in [0.05, 0.1) is 11.2 Å². The van der Waals surface area contributed by atoms with E-state index in [0.717, 1.165) is 5.46 Å². The lowest BCUT2D eigenvalue weighted by Crippen LogP contribution is -2.41. The predicted molar refractivity (Wildman–Crippen MR) is 134 cm³/mol. The van der Waals surface area contributed by atoms with E-state index in [2.05, 4.69) is 107 Å². The van der Waals surface area contributed by atoms with Gasteiger partial charge in [0.25, 0.3) is 0 Å². The predicted octanol–water partition coefficient (Wildman–Crippen LogP) is 6.68. The van der Waals surface area contributed by atoms with E-state index in [1.54, 1.807) is 11.8 Å². The number of rotatable bonds is 3. The van der Waals surface area contributed by atoms with Crippen LogP contribution in [-0.2, 0) is 9.31 Å². The van der Waals surface area contributed by atoms with Gasteiger partial charge in [0, 0.05) is 4.90 Å². The van der Waals surface area contributed by atoms with E-state index < -0.39 is 7.12 Å². The molecule has 0 aliphatic carbocycles. The van der Waals surface area contributed by atoms with Gasteiger partial charge in [-0.1, -0.05) is 60.7 Å². The van der Waals surface area contributed by atoms with Crippen LogP contribution < -0.4 is 5.46 Å². The van der Waals surface area contributed by atoms with Gasteiger partial charge in [-0.15, -0.1) is 11.8 Å². The molecule has 0 atom stereocenters. The summed E-state index contributed by atoms with van der Waals surface area (Å²) in [6.45, 7) is 8.43. The molecule has 0 amide bonds. The second-order valence-electron chi connectivity index (χ2n) is 9.20. The molecule has 1 aliphatic rings. The molecule has 0 unspecified atom stereocenters. The van der Waals surface area contributed by atoms with Crippen LogP contribution in [-0.4, -0.2) is 24.6 Å². The summed E-state index contributed by atoms with van der Waals surface area (Å²) in [5.74, 6) is 0. The fourth-order valence-corrected chi connectivity index (χ4v) is 5.08. The maximum Gasteiger partial charge on any atom is 0.495 e. The van der Waals surface area contributed by atoms with Crippen LogP contribution in [0, 0.1) is 0 Å². The second kappa shape index (κ2) is 7.41. The minimum absolute atomic E-state index is 0.379. The van der Waals surface area contributed by atoms with Crippen molar-refractivity contribution in [2.24, 2.45) is 0 Å². The third-order valence-corrected chi connectivity index (χ3v) is 7.60. The van der Waals surface area contributed by atoms with E-state index in [0.29, 0.717) is 0 Å². The molecular weight excluding hydrogens is 399 g/mol. The van der Waals surface area contributed by atoms with E-state index in [9.17, 15) is 0 Å². The third-order valence-electron chi connectivity index (χ3n) is 6.82. The van der Waals surface area contributed by atoms with Gasteiger partial charge < -0.3 is 9.31 Å². The van der Waals surface area contributed by atoms with E-state index in [4.69, 9.17) is 9.31 Å². The van der Waals surface area contributed by atoms with Gasteiger partial charge in [0.2, 0.25) is 0 Å². The molecule has 0 aromatic heterocycles. The van der Waals surface area contributed by atoms with Crippen molar-refractivity contribution in [1.29, 1.82) is 0 Å². The average Bonchev–Trinajstić information content (AvgIpc) is 2.99. The molecule has 0 radical (unpaired) electrons. The Morgan fingerprint density at radius 3 is 2.00 bits per heavy atom. The van der Waals surface area contributed by atoms with Gasteiger partial charge in [0.1, 0.15) is 0 Å². The second-order valence-corrected chi connectivity index (χ2v) is 10.1. The highest BCUT2D eigenvalue weighted by Crippen LogP contribution is 2.41. The molecule has 156 valence electrons. The van der Waals surface area contributed by atoms with Crippen molar-refractivity contribution < 1.29 is 9.31 Å². The quantitative estimate of drug-likeness (QED) is 0.207. The number of thioether (sulfide) groups is 1. The van der Waals surface area contributed by atoms with E-state index >= 15 is 0 Å². The molecule has 0 spiro atoms. The lowest BCUT2D eigenvalue weighted by Gasteiger charge is -2.32. The average molecular weight is 426 g/mol. The van der Waals surface area contributed by atoms with Gasteiger partial charge in [-0.25, -0.2) is 0 Å². The van der Waals surface area contributed by atoms with Crippen molar-refractivity contribution >= 4 is 45.9 Å². The Bertz CT molecular complexity index is 1280. The van der Waals surface area contributed by atoms with Gasteiger partial charge in [-0.05, 0) is 84.2 Å². The topological polar surface area (TPSA) is 18.5 Å². The lowest BCUT2D eigenvalue weighted by molar-refractivity contribution is 0.00578. The normalized spacial score (nSPS) is 17.5. The standard InChI is InChI=1S/C27H27BO2S/c1-26(2)27(3,4)30-28(29-26)23-15-10-16-24(31-5)25(23)22-17-18-11-6-7-12-19(18)20-13-8-9-14-21(20)22/h6-17H,1-5H3. The molecule has 2 nitrogen and oxygen atoms in total. The highest BCUT2D eigenvalue weighted by molar-refractivity contribution is 7.98. The Balaban J connectivity index is 1.81. The maximum absolute atomic E-state index is 6.48. The van der Waals surface area contributed by atoms with Crippen LogP contribution in [0.25, 0.3) is 32.7 Å². The van der Waals surface area contributed by atoms with Crippen molar-refractivity contribution in [1.82, 2.24) is 0 Å². The molecule has 31 heavy (non-hydrogen) atoms. The summed E-state index contributed by atoms with van der Waals surface area (Å²) in [5.41, 5.74) is 2.76. The van der Waals surface area contributed by atoms with Crippen LogP contribution in [0.1, 0.15) is 27.7 Å². The molecule has 1 aliphatic heterocycles. The highest BCUT2D eigenvalue weighted by atomic mass is 32.2. The van der Waals surface area contributed by atoms with E-state index in [1.807, 2.05) is 0 Å². The molecule has 0 bridgehead atoms. The first-order valence-corrected chi connectivity index (χ1v) is 12.0. The smallest absolute Gasteiger partial charge is 0.399 e. The summed E-state index contributed by atoms with van der Waals surface area (Å²) >= 11 is 1.77. The summed E-state index contributed by atoms with van der Waals surface area (Å²) in [6, 6.07) is 26.1. The molecule has 1 saturated heterocycles. The summed E-state index contributed by atoms with van der Waals surface area (Å²) in [7, 11) is -0.405.